The van der Waals surface area contributed by atoms with Crippen LogP contribution in [0.3, 0.4) is 0 Å². The van der Waals surface area contributed by atoms with Crippen molar-refractivity contribution in [2.45, 2.75) is 19.2 Å². The summed E-state index contributed by atoms with van der Waals surface area (Å²) in [4.78, 5) is 25.6. The molecule has 1 aliphatic rings. The van der Waals surface area contributed by atoms with Crippen LogP contribution in [0.2, 0.25) is 0 Å². The minimum Gasteiger partial charge on any atom is -0.295 e. The van der Waals surface area contributed by atoms with E-state index in [4.69, 9.17) is 0 Å². The van der Waals surface area contributed by atoms with Gasteiger partial charge in [0.25, 0.3) is 0 Å². The number of anilines is 1. The van der Waals surface area contributed by atoms with E-state index in [0.717, 1.165) is 16.8 Å². The molecule has 3 nitrogen and oxygen atoms in total. The van der Waals surface area contributed by atoms with Gasteiger partial charge in [0.1, 0.15) is 11.2 Å². The third-order valence-corrected chi connectivity index (χ3v) is 5.10. The van der Waals surface area contributed by atoms with Gasteiger partial charge in [-0.15, -0.1) is 11.8 Å². The van der Waals surface area contributed by atoms with Crippen LogP contribution in [0, 0.1) is 12.7 Å². The molecule has 1 atom stereocenters. The van der Waals surface area contributed by atoms with Crippen LogP contribution < -0.4 is 4.90 Å². The summed E-state index contributed by atoms with van der Waals surface area (Å²) in [7, 11) is 0. The summed E-state index contributed by atoms with van der Waals surface area (Å²) in [6.07, 6.45) is 0. The molecule has 0 N–H and O–H groups in total. The maximum Gasteiger partial charge on any atom is 0.238 e. The van der Waals surface area contributed by atoms with E-state index in [-0.39, 0.29) is 22.9 Å². The molecular weight excluding hydrogens is 313 g/mol. The van der Waals surface area contributed by atoms with Crippen LogP contribution in [-0.2, 0) is 4.79 Å². The summed E-state index contributed by atoms with van der Waals surface area (Å²) in [5.74, 6) is 0.104. The monoisotopic (exact) mass is 329 g/mol. The lowest BCUT2D eigenvalue weighted by Gasteiger charge is -2.26. The number of halogens is 1. The highest BCUT2D eigenvalue weighted by Gasteiger charge is 2.34. The van der Waals surface area contributed by atoms with Crippen LogP contribution >= 0.6 is 11.8 Å². The molecule has 23 heavy (non-hydrogen) atoms. The van der Waals surface area contributed by atoms with Crippen LogP contribution in [-0.4, -0.2) is 17.4 Å². The summed E-state index contributed by atoms with van der Waals surface area (Å²) in [5.41, 5.74) is 3.18. The van der Waals surface area contributed by atoms with Gasteiger partial charge in [0.15, 0.2) is 5.78 Å². The molecule has 1 fully saturated rings. The third kappa shape index (κ3) is 3.01. The van der Waals surface area contributed by atoms with Gasteiger partial charge < -0.3 is 0 Å². The largest absolute Gasteiger partial charge is 0.295 e. The van der Waals surface area contributed by atoms with Gasteiger partial charge in [0.2, 0.25) is 5.91 Å². The SMILES string of the molecule is CC(=O)c1ccc(N2C(=O)CSC2c2ccc(F)cc2)c(C)c1. The lowest BCUT2D eigenvalue weighted by atomic mass is 10.1. The van der Waals surface area contributed by atoms with Crippen molar-refractivity contribution in [1.29, 1.82) is 0 Å². The lowest BCUT2D eigenvalue weighted by Crippen LogP contribution is -2.28. The van der Waals surface area contributed by atoms with Crippen LogP contribution in [0.1, 0.15) is 33.8 Å². The Kier molecular flexibility index (Phi) is 4.22. The van der Waals surface area contributed by atoms with Gasteiger partial charge in [-0.05, 0) is 55.3 Å². The summed E-state index contributed by atoms with van der Waals surface area (Å²) in [5, 5.41) is -0.176. The molecule has 0 aromatic heterocycles. The Labute approximate surface area is 138 Å². The molecule has 0 bridgehead atoms. The lowest BCUT2D eigenvalue weighted by molar-refractivity contribution is -0.115. The number of carbonyl (C=O) groups excluding carboxylic acids is 2. The molecule has 2 aromatic carbocycles. The molecule has 5 heteroatoms. The van der Waals surface area contributed by atoms with E-state index < -0.39 is 0 Å². The number of nitrogens with zero attached hydrogens (tertiary/aromatic N) is 1. The predicted molar refractivity (Wildman–Crippen MR) is 90.3 cm³/mol. The van der Waals surface area contributed by atoms with Crippen molar-refractivity contribution in [3.05, 3.63) is 65.0 Å². The van der Waals surface area contributed by atoms with Crippen molar-refractivity contribution in [1.82, 2.24) is 0 Å². The van der Waals surface area contributed by atoms with Gasteiger partial charge in [-0.25, -0.2) is 4.39 Å². The summed E-state index contributed by atoms with van der Waals surface area (Å²) in [6, 6.07) is 11.6. The second-order valence-electron chi connectivity index (χ2n) is 5.54. The molecule has 0 spiro atoms. The van der Waals surface area contributed by atoms with E-state index >= 15 is 0 Å². The molecule has 1 amide bonds. The predicted octanol–water partition coefficient (Wildman–Crippen LogP) is 4.12. The fraction of sp³-hybridized carbons (Fsp3) is 0.222. The molecule has 0 aliphatic carbocycles. The minimum absolute atomic E-state index is 0.00291. The van der Waals surface area contributed by atoms with E-state index in [1.54, 1.807) is 29.2 Å². The Hall–Kier alpha value is -2.14. The number of hydrogen-bond donors (Lipinski definition) is 0. The van der Waals surface area contributed by atoms with Crippen molar-refractivity contribution in [3.8, 4) is 0 Å². The van der Waals surface area contributed by atoms with Gasteiger partial charge in [0.05, 0.1) is 5.75 Å². The molecular formula is C18H16FNO2S. The molecule has 1 aliphatic heterocycles. The Morgan fingerprint density at radius 1 is 1.22 bits per heavy atom. The molecule has 1 saturated heterocycles. The average molecular weight is 329 g/mol. The first kappa shape index (κ1) is 15.7. The van der Waals surface area contributed by atoms with Crippen molar-refractivity contribution >= 4 is 29.1 Å². The Morgan fingerprint density at radius 3 is 2.52 bits per heavy atom. The number of hydrogen-bond acceptors (Lipinski definition) is 3. The Balaban J connectivity index is 2.00. The smallest absolute Gasteiger partial charge is 0.238 e. The zero-order valence-corrected chi connectivity index (χ0v) is 13.7. The maximum atomic E-state index is 13.1. The summed E-state index contributed by atoms with van der Waals surface area (Å²) in [6.45, 7) is 3.41. The molecule has 0 radical (unpaired) electrons. The topological polar surface area (TPSA) is 37.4 Å². The fourth-order valence-electron chi connectivity index (χ4n) is 2.70. The quantitative estimate of drug-likeness (QED) is 0.795. The molecule has 1 unspecified atom stereocenters. The number of Topliss-reactive ketones (excluding diaryl/α,β-unsaturated/α-hetero) is 1. The summed E-state index contributed by atoms with van der Waals surface area (Å²) >= 11 is 1.52. The Bertz CT molecular complexity index is 773. The molecule has 2 aromatic rings. The number of carbonyl (C=O) groups is 2. The molecule has 3 rings (SSSR count). The molecule has 0 saturated carbocycles. The summed E-state index contributed by atoms with van der Waals surface area (Å²) < 4.78 is 13.1. The number of benzene rings is 2. The Morgan fingerprint density at radius 2 is 1.91 bits per heavy atom. The van der Waals surface area contributed by atoms with Crippen molar-refractivity contribution in [2.24, 2.45) is 0 Å². The zero-order valence-electron chi connectivity index (χ0n) is 12.9. The van der Waals surface area contributed by atoms with Gasteiger partial charge in [-0.2, -0.15) is 0 Å². The minimum atomic E-state index is -0.295. The second kappa shape index (κ2) is 6.16. The van der Waals surface area contributed by atoms with Crippen LogP contribution in [0.25, 0.3) is 0 Å². The van der Waals surface area contributed by atoms with Crippen LogP contribution in [0.15, 0.2) is 42.5 Å². The van der Waals surface area contributed by atoms with Crippen LogP contribution in [0.5, 0.6) is 0 Å². The van der Waals surface area contributed by atoms with Gasteiger partial charge in [0, 0.05) is 11.3 Å². The number of thioether (sulfide) groups is 1. The highest BCUT2D eigenvalue weighted by Crippen LogP contribution is 2.42. The molecule has 1 heterocycles. The van der Waals surface area contributed by atoms with Crippen molar-refractivity contribution in [2.75, 3.05) is 10.7 Å². The first-order valence-electron chi connectivity index (χ1n) is 7.28. The number of rotatable bonds is 3. The zero-order chi connectivity index (χ0) is 16.6. The van der Waals surface area contributed by atoms with E-state index in [1.165, 1.54) is 30.8 Å². The normalized spacial score (nSPS) is 17.6. The van der Waals surface area contributed by atoms with E-state index in [1.807, 2.05) is 13.0 Å². The van der Waals surface area contributed by atoms with Gasteiger partial charge >= 0.3 is 0 Å². The van der Waals surface area contributed by atoms with Gasteiger partial charge in [-0.1, -0.05) is 12.1 Å². The first-order valence-corrected chi connectivity index (χ1v) is 8.33. The number of amides is 1. The number of aryl methyl sites for hydroxylation is 1. The van der Waals surface area contributed by atoms with E-state index in [2.05, 4.69) is 0 Å². The van der Waals surface area contributed by atoms with Crippen molar-refractivity contribution < 1.29 is 14.0 Å². The van der Waals surface area contributed by atoms with E-state index in [9.17, 15) is 14.0 Å². The third-order valence-electron chi connectivity index (χ3n) is 3.89. The highest BCUT2D eigenvalue weighted by atomic mass is 32.2. The molecule has 118 valence electrons. The highest BCUT2D eigenvalue weighted by molar-refractivity contribution is 8.00. The fourth-order valence-corrected chi connectivity index (χ4v) is 3.87. The average Bonchev–Trinajstić information content (AvgIpc) is 2.89. The first-order chi connectivity index (χ1) is 11.0. The van der Waals surface area contributed by atoms with Crippen molar-refractivity contribution in [3.63, 3.8) is 0 Å². The second-order valence-corrected chi connectivity index (χ2v) is 6.60. The number of ketones is 1. The standard InChI is InChI=1S/C18H16FNO2S/c1-11-9-14(12(2)21)5-8-16(11)20-17(22)10-23-18(20)13-3-6-15(19)7-4-13/h3-9,18H,10H2,1-2H3. The van der Waals surface area contributed by atoms with E-state index in [0.29, 0.717) is 11.3 Å². The van der Waals surface area contributed by atoms with Gasteiger partial charge in [-0.3, -0.25) is 14.5 Å². The maximum absolute atomic E-state index is 13.1. The van der Waals surface area contributed by atoms with Crippen LogP contribution in [0.4, 0.5) is 10.1 Å².